The number of carbonyl (C=O) groups excluding carboxylic acids is 1. The second-order valence-electron chi connectivity index (χ2n) is 5.68. The molecule has 2 rings (SSSR count). The number of benzene rings is 1. The van der Waals surface area contributed by atoms with Crippen molar-refractivity contribution in [3.63, 3.8) is 0 Å². The maximum absolute atomic E-state index is 12.4. The number of hydrogen-bond donors (Lipinski definition) is 1. The van der Waals surface area contributed by atoms with E-state index < -0.39 is 12.0 Å². The first-order chi connectivity index (χ1) is 11.5. The molecule has 1 fully saturated rings. The van der Waals surface area contributed by atoms with Crippen LogP contribution in [0.5, 0.6) is 11.5 Å². The fourth-order valence-corrected chi connectivity index (χ4v) is 2.91. The molecule has 1 N–H and O–H groups in total. The highest BCUT2D eigenvalue weighted by molar-refractivity contribution is 5.84. The number of amides is 1. The number of hydrogen-bond acceptors (Lipinski definition) is 5. The Kier molecular flexibility index (Phi) is 6.03. The van der Waals surface area contributed by atoms with Crippen molar-refractivity contribution in [1.29, 1.82) is 0 Å². The predicted octanol–water partition coefficient (Wildman–Crippen LogP) is 1.34. The Morgan fingerprint density at radius 3 is 2.50 bits per heavy atom. The number of likely N-dealkylation sites (tertiary alicyclic amines) is 1. The first-order valence-electron chi connectivity index (χ1n) is 7.76. The fraction of sp³-hybridized carbons (Fsp3) is 0.529. The second kappa shape index (κ2) is 8.01. The molecule has 0 aromatic heterocycles. The highest BCUT2D eigenvalue weighted by Crippen LogP contribution is 2.28. The molecule has 1 heterocycles. The number of aryl methyl sites for hydroxylation is 1. The molecule has 0 aliphatic carbocycles. The Morgan fingerprint density at radius 2 is 1.92 bits per heavy atom. The van der Waals surface area contributed by atoms with Crippen LogP contribution in [0, 0.1) is 0 Å². The molecule has 1 aromatic carbocycles. The van der Waals surface area contributed by atoms with Crippen LogP contribution in [0.2, 0.25) is 0 Å². The van der Waals surface area contributed by atoms with Crippen molar-refractivity contribution >= 4 is 11.9 Å². The van der Waals surface area contributed by atoms with Crippen LogP contribution in [0.1, 0.15) is 18.4 Å². The van der Waals surface area contributed by atoms with Crippen molar-refractivity contribution in [2.24, 2.45) is 0 Å². The van der Waals surface area contributed by atoms with Gasteiger partial charge in [0.2, 0.25) is 5.91 Å². The molecule has 0 spiro atoms. The van der Waals surface area contributed by atoms with E-state index in [1.54, 1.807) is 20.3 Å². The molecule has 1 aliphatic heterocycles. The summed E-state index contributed by atoms with van der Waals surface area (Å²) in [7, 11) is 4.65. The standard InChI is InChI=1S/C17H23NO6/c1-22-12-9-13(17(20)21)18(10-12)16(19)7-5-11-4-6-14(23-2)15(8-11)24-3/h4,6,8,12-13H,5,7,9-10H2,1-3H3,(H,20,21). The molecule has 7 heteroatoms. The van der Waals surface area contributed by atoms with Crippen LogP contribution in [-0.4, -0.2) is 61.9 Å². The maximum Gasteiger partial charge on any atom is 0.326 e. The molecule has 24 heavy (non-hydrogen) atoms. The Balaban J connectivity index is 2.01. The van der Waals surface area contributed by atoms with Crippen LogP contribution in [0.3, 0.4) is 0 Å². The van der Waals surface area contributed by atoms with E-state index in [2.05, 4.69) is 0 Å². The summed E-state index contributed by atoms with van der Waals surface area (Å²) in [4.78, 5) is 25.2. The highest BCUT2D eigenvalue weighted by Gasteiger charge is 2.39. The molecular weight excluding hydrogens is 314 g/mol. The lowest BCUT2D eigenvalue weighted by Crippen LogP contribution is -2.40. The Labute approximate surface area is 141 Å². The highest BCUT2D eigenvalue weighted by atomic mass is 16.5. The van der Waals surface area contributed by atoms with Gasteiger partial charge in [-0.15, -0.1) is 0 Å². The van der Waals surface area contributed by atoms with Gasteiger partial charge in [0, 0.05) is 26.5 Å². The molecule has 1 aromatic rings. The van der Waals surface area contributed by atoms with E-state index in [0.29, 0.717) is 30.9 Å². The average molecular weight is 337 g/mol. The number of rotatable bonds is 7. The van der Waals surface area contributed by atoms with E-state index in [4.69, 9.17) is 14.2 Å². The van der Waals surface area contributed by atoms with Crippen molar-refractivity contribution in [2.45, 2.75) is 31.4 Å². The van der Waals surface area contributed by atoms with Crippen LogP contribution in [0.4, 0.5) is 0 Å². The number of carboxylic acids is 1. The third-order valence-electron chi connectivity index (χ3n) is 4.28. The fourth-order valence-electron chi connectivity index (χ4n) is 2.91. The molecule has 132 valence electrons. The van der Waals surface area contributed by atoms with E-state index in [9.17, 15) is 14.7 Å². The van der Waals surface area contributed by atoms with Gasteiger partial charge in [-0.25, -0.2) is 4.79 Å². The summed E-state index contributed by atoms with van der Waals surface area (Å²) in [6, 6.07) is 4.66. The van der Waals surface area contributed by atoms with E-state index in [1.807, 2.05) is 12.1 Å². The maximum atomic E-state index is 12.4. The largest absolute Gasteiger partial charge is 0.493 e. The van der Waals surface area contributed by atoms with Gasteiger partial charge < -0.3 is 24.2 Å². The molecule has 0 saturated carbocycles. The number of ether oxygens (including phenoxy) is 3. The molecule has 2 atom stereocenters. The van der Waals surface area contributed by atoms with Gasteiger partial charge in [-0.05, 0) is 24.1 Å². The van der Waals surface area contributed by atoms with Crippen molar-refractivity contribution in [2.75, 3.05) is 27.9 Å². The van der Waals surface area contributed by atoms with Crippen molar-refractivity contribution in [3.05, 3.63) is 23.8 Å². The lowest BCUT2D eigenvalue weighted by molar-refractivity contribution is -0.148. The summed E-state index contributed by atoms with van der Waals surface area (Å²) in [5, 5.41) is 9.28. The van der Waals surface area contributed by atoms with Crippen molar-refractivity contribution in [3.8, 4) is 11.5 Å². The predicted molar refractivity (Wildman–Crippen MR) is 86.4 cm³/mol. The zero-order chi connectivity index (χ0) is 17.7. The number of nitrogens with zero attached hydrogens (tertiary/aromatic N) is 1. The van der Waals surface area contributed by atoms with Gasteiger partial charge in [-0.2, -0.15) is 0 Å². The van der Waals surface area contributed by atoms with Crippen LogP contribution in [0.25, 0.3) is 0 Å². The lowest BCUT2D eigenvalue weighted by Gasteiger charge is -2.21. The Bertz CT molecular complexity index is 603. The minimum atomic E-state index is -0.992. The smallest absolute Gasteiger partial charge is 0.326 e. The van der Waals surface area contributed by atoms with Crippen LogP contribution < -0.4 is 9.47 Å². The van der Waals surface area contributed by atoms with E-state index in [1.165, 1.54) is 12.0 Å². The van der Waals surface area contributed by atoms with E-state index >= 15 is 0 Å². The molecule has 7 nitrogen and oxygen atoms in total. The first kappa shape index (κ1) is 18.1. The topological polar surface area (TPSA) is 85.3 Å². The molecule has 1 saturated heterocycles. The molecule has 1 aliphatic rings. The van der Waals surface area contributed by atoms with E-state index in [-0.39, 0.29) is 18.4 Å². The minimum absolute atomic E-state index is 0.184. The quantitative estimate of drug-likeness (QED) is 0.808. The summed E-state index contributed by atoms with van der Waals surface area (Å²) < 4.78 is 15.6. The van der Waals surface area contributed by atoms with Gasteiger partial charge in [-0.1, -0.05) is 6.07 Å². The molecule has 2 unspecified atom stereocenters. The normalized spacial score (nSPS) is 20.0. The van der Waals surface area contributed by atoms with Gasteiger partial charge in [0.15, 0.2) is 11.5 Å². The third kappa shape index (κ3) is 3.97. The SMILES string of the molecule is COc1ccc(CCC(=O)N2CC(OC)CC2C(=O)O)cc1OC. The molecule has 0 radical (unpaired) electrons. The molecule has 0 bridgehead atoms. The molecule has 1 amide bonds. The summed E-state index contributed by atoms with van der Waals surface area (Å²) in [5.41, 5.74) is 0.926. The van der Waals surface area contributed by atoms with Crippen LogP contribution >= 0.6 is 0 Å². The molecular formula is C17H23NO6. The number of aliphatic carboxylic acids is 1. The number of carbonyl (C=O) groups is 2. The van der Waals surface area contributed by atoms with Crippen molar-refractivity contribution in [1.82, 2.24) is 4.90 Å². The summed E-state index contributed by atoms with van der Waals surface area (Å²) >= 11 is 0. The van der Waals surface area contributed by atoms with Gasteiger partial charge in [-0.3, -0.25) is 4.79 Å². The van der Waals surface area contributed by atoms with Gasteiger partial charge in [0.1, 0.15) is 6.04 Å². The summed E-state index contributed by atoms with van der Waals surface area (Å²) in [5.74, 6) is 0.0539. The minimum Gasteiger partial charge on any atom is -0.493 e. The summed E-state index contributed by atoms with van der Waals surface area (Å²) in [6.07, 6.45) is 0.833. The van der Waals surface area contributed by atoms with Gasteiger partial charge in [0.05, 0.1) is 20.3 Å². The van der Waals surface area contributed by atoms with Crippen molar-refractivity contribution < 1.29 is 28.9 Å². The number of methoxy groups -OCH3 is 3. The van der Waals surface area contributed by atoms with E-state index in [0.717, 1.165) is 5.56 Å². The van der Waals surface area contributed by atoms with Crippen LogP contribution in [-0.2, 0) is 20.7 Å². The average Bonchev–Trinajstić information content (AvgIpc) is 3.04. The zero-order valence-electron chi connectivity index (χ0n) is 14.2. The number of carboxylic acid groups (broad SMARTS) is 1. The van der Waals surface area contributed by atoms with Crippen LogP contribution in [0.15, 0.2) is 18.2 Å². The summed E-state index contributed by atoms with van der Waals surface area (Å²) in [6.45, 7) is 0.318. The van der Waals surface area contributed by atoms with Gasteiger partial charge >= 0.3 is 5.97 Å². The Morgan fingerprint density at radius 1 is 1.21 bits per heavy atom. The Hall–Kier alpha value is -2.28. The lowest BCUT2D eigenvalue weighted by atomic mass is 10.1. The third-order valence-corrected chi connectivity index (χ3v) is 4.28. The zero-order valence-corrected chi connectivity index (χ0v) is 14.2. The van der Waals surface area contributed by atoms with Gasteiger partial charge in [0.25, 0.3) is 0 Å². The second-order valence-corrected chi connectivity index (χ2v) is 5.68. The monoisotopic (exact) mass is 337 g/mol. The first-order valence-corrected chi connectivity index (χ1v) is 7.76.